The van der Waals surface area contributed by atoms with E-state index in [9.17, 15) is 14.4 Å². The third-order valence-corrected chi connectivity index (χ3v) is 10.1. The summed E-state index contributed by atoms with van der Waals surface area (Å²) in [7, 11) is 0. The van der Waals surface area contributed by atoms with E-state index in [2.05, 4.69) is 34.1 Å². The summed E-state index contributed by atoms with van der Waals surface area (Å²) in [5, 5.41) is 0. The van der Waals surface area contributed by atoms with Gasteiger partial charge in [-0.05, 0) is 68.9 Å². The maximum absolute atomic E-state index is 13.4. The van der Waals surface area contributed by atoms with Crippen LogP contribution in [-0.4, -0.2) is 56.3 Å². The van der Waals surface area contributed by atoms with Gasteiger partial charge in [0.15, 0.2) is 5.60 Å². The highest BCUT2D eigenvalue weighted by Crippen LogP contribution is 2.57. The van der Waals surface area contributed by atoms with Crippen molar-refractivity contribution >= 4 is 29.3 Å². The van der Waals surface area contributed by atoms with Gasteiger partial charge in [-0.25, -0.2) is 4.79 Å². The molecule has 3 aromatic rings. The lowest BCUT2D eigenvalue weighted by atomic mass is 9.77. The van der Waals surface area contributed by atoms with Crippen molar-refractivity contribution in [3.05, 3.63) is 82.9 Å². The molecule has 0 bridgehead atoms. The Labute approximate surface area is 275 Å². The molecule has 2 atom stereocenters. The quantitative estimate of drug-likeness (QED) is 0.193. The fourth-order valence-electron chi connectivity index (χ4n) is 7.97. The van der Waals surface area contributed by atoms with Gasteiger partial charge in [0.05, 0.1) is 18.8 Å². The van der Waals surface area contributed by atoms with Gasteiger partial charge in [0, 0.05) is 92.1 Å². The average molecular weight is 639 g/mol. The summed E-state index contributed by atoms with van der Waals surface area (Å²) >= 11 is 0. The van der Waals surface area contributed by atoms with Crippen LogP contribution in [0.5, 0.6) is 11.5 Å². The first-order valence-electron chi connectivity index (χ1n) is 16.9. The van der Waals surface area contributed by atoms with Crippen molar-refractivity contribution in [1.82, 2.24) is 0 Å². The molecular formula is C38H42N2O7. The monoisotopic (exact) mass is 638 g/mol. The van der Waals surface area contributed by atoms with E-state index in [1.165, 1.54) is 13.8 Å². The van der Waals surface area contributed by atoms with Crippen molar-refractivity contribution in [3.8, 4) is 11.5 Å². The molecule has 2 saturated heterocycles. The topological polar surface area (TPSA) is 94.6 Å². The Hall–Kier alpha value is -4.53. The molecule has 2 fully saturated rings. The summed E-state index contributed by atoms with van der Waals surface area (Å²) in [6, 6.07) is 20.6. The van der Waals surface area contributed by atoms with Crippen LogP contribution in [0.3, 0.4) is 0 Å². The van der Waals surface area contributed by atoms with Crippen molar-refractivity contribution in [2.45, 2.75) is 82.9 Å². The van der Waals surface area contributed by atoms with Crippen LogP contribution in [0.4, 0.5) is 11.4 Å². The zero-order chi connectivity index (χ0) is 32.5. The van der Waals surface area contributed by atoms with Crippen LogP contribution in [0.2, 0.25) is 0 Å². The van der Waals surface area contributed by atoms with Crippen LogP contribution in [-0.2, 0) is 29.4 Å². The van der Waals surface area contributed by atoms with E-state index in [1.54, 1.807) is 0 Å². The number of carbonyl (C=O) groups excluding carboxylic acids is 3. The summed E-state index contributed by atoms with van der Waals surface area (Å²) < 4.78 is 23.8. The second kappa shape index (κ2) is 12.9. The van der Waals surface area contributed by atoms with Gasteiger partial charge in [0.1, 0.15) is 11.5 Å². The molecule has 1 spiro atoms. The minimum absolute atomic E-state index is 0.241. The van der Waals surface area contributed by atoms with E-state index in [1.807, 2.05) is 36.4 Å². The van der Waals surface area contributed by atoms with Crippen molar-refractivity contribution in [3.63, 3.8) is 0 Å². The van der Waals surface area contributed by atoms with Crippen molar-refractivity contribution in [2.75, 3.05) is 36.1 Å². The van der Waals surface area contributed by atoms with Crippen LogP contribution in [0, 0.1) is 0 Å². The van der Waals surface area contributed by atoms with Crippen molar-refractivity contribution < 1.29 is 33.3 Å². The molecule has 9 heteroatoms. The fraction of sp³-hybridized carbons (Fsp3) is 0.447. The summed E-state index contributed by atoms with van der Waals surface area (Å²) in [6.07, 6.45) is 7.99. The Morgan fingerprint density at radius 1 is 0.745 bits per heavy atom. The third kappa shape index (κ3) is 5.81. The normalized spacial score (nSPS) is 22.9. The average Bonchev–Trinajstić information content (AvgIpc) is 3.37. The summed E-state index contributed by atoms with van der Waals surface area (Å²) in [4.78, 5) is 41.1. The summed E-state index contributed by atoms with van der Waals surface area (Å²) in [5.41, 5.74) is 3.89. The first kappa shape index (κ1) is 31.1. The van der Waals surface area contributed by atoms with E-state index in [4.69, 9.17) is 18.9 Å². The number of hydrogen-bond donors (Lipinski definition) is 0. The van der Waals surface area contributed by atoms with E-state index >= 15 is 0 Å². The zero-order valence-corrected chi connectivity index (χ0v) is 27.2. The number of esters is 3. The lowest BCUT2D eigenvalue weighted by molar-refractivity contribution is -0.142. The molecule has 0 amide bonds. The van der Waals surface area contributed by atoms with Gasteiger partial charge >= 0.3 is 17.9 Å². The van der Waals surface area contributed by atoms with E-state index in [-0.39, 0.29) is 30.0 Å². The van der Waals surface area contributed by atoms with Gasteiger partial charge in [-0.1, -0.05) is 18.2 Å². The summed E-state index contributed by atoms with van der Waals surface area (Å²) in [5.74, 6) is 0.446. The van der Waals surface area contributed by atoms with Gasteiger partial charge in [0.25, 0.3) is 0 Å². The number of piperidine rings is 2. The van der Waals surface area contributed by atoms with Crippen molar-refractivity contribution in [1.29, 1.82) is 0 Å². The highest BCUT2D eigenvalue weighted by atomic mass is 16.6. The number of carbonyl (C=O) groups is 3. The molecule has 0 aromatic heterocycles. The maximum atomic E-state index is 13.4. The second-order valence-electron chi connectivity index (χ2n) is 13.0. The molecule has 4 aliphatic rings. The van der Waals surface area contributed by atoms with E-state index in [0.717, 1.165) is 92.5 Å². The third-order valence-electron chi connectivity index (χ3n) is 10.1. The van der Waals surface area contributed by atoms with Crippen LogP contribution in [0.25, 0.3) is 0 Å². The molecular weight excluding hydrogens is 596 g/mol. The first-order chi connectivity index (χ1) is 22.8. The Morgan fingerprint density at radius 3 is 1.81 bits per heavy atom. The molecule has 0 saturated carbocycles. The fourth-order valence-corrected chi connectivity index (χ4v) is 7.97. The van der Waals surface area contributed by atoms with E-state index in [0.29, 0.717) is 30.3 Å². The predicted octanol–water partition coefficient (Wildman–Crippen LogP) is 6.88. The number of nitrogens with zero attached hydrogens (tertiary/aromatic N) is 2. The van der Waals surface area contributed by atoms with Gasteiger partial charge in [-0.2, -0.15) is 0 Å². The van der Waals surface area contributed by atoms with E-state index < -0.39 is 5.60 Å². The van der Waals surface area contributed by atoms with Gasteiger partial charge in [-0.15, -0.1) is 0 Å². The molecule has 7 rings (SSSR count). The maximum Gasteiger partial charge on any atom is 0.340 e. The highest BCUT2D eigenvalue weighted by molar-refractivity contribution is 5.97. The number of rotatable bonds is 8. The van der Waals surface area contributed by atoms with Crippen LogP contribution >= 0.6 is 0 Å². The molecule has 0 N–H and O–H groups in total. The zero-order valence-electron chi connectivity index (χ0n) is 27.2. The van der Waals surface area contributed by atoms with Crippen LogP contribution < -0.4 is 14.5 Å². The standard InChI is InChI=1S/C38H42N2O7/c1-25(41)44-21-17-27-9-5-7-19-39(27)29-13-15-33-35(23-29)46-36-24-30(40-20-8-6-10-28(40)18-22-45-26(2)42)14-16-34(36)38(33)32-12-4-3-11-31(32)37(43)47-38/h3-4,11-16,23-24,27-28H,5-10,17-22H2,1-2H3. The molecule has 3 aromatic carbocycles. The molecule has 4 heterocycles. The number of hydrogen-bond acceptors (Lipinski definition) is 9. The molecule has 246 valence electrons. The second-order valence-corrected chi connectivity index (χ2v) is 13.0. The molecule has 0 radical (unpaired) electrons. The lowest BCUT2D eigenvalue weighted by Gasteiger charge is -2.41. The highest BCUT2D eigenvalue weighted by Gasteiger charge is 2.53. The molecule has 4 aliphatic heterocycles. The molecule has 2 unspecified atom stereocenters. The minimum atomic E-state index is -1.14. The predicted molar refractivity (Wildman–Crippen MR) is 177 cm³/mol. The smallest absolute Gasteiger partial charge is 0.340 e. The number of fused-ring (bicyclic) bond motifs is 6. The minimum Gasteiger partial charge on any atom is -0.466 e. The SMILES string of the molecule is CC(=O)OCCC1CCCCN1c1ccc2c(c1)Oc1cc(N3CCCCC3CCOC(C)=O)ccc1C21OC(=O)c2ccccc21. The van der Waals surface area contributed by atoms with Crippen LogP contribution in [0.1, 0.15) is 92.3 Å². The Kier molecular flexibility index (Phi) is 8.55. The van der Waals surface area contributed by atoms with Crippen molar-refractivity contribution in [2.24, 2.45) is 0 Å². The largest absolute Gasteiger partial charge is 0.466 e. The number of ether oxygens (including phenoxy) is 4. The summed E-state index contributed by atoms with van der Waals surface area (Å²) in [6.45, 7) is 5.47. The lowest BCUT2D eigenvalue weighted by Crippen LogP contribution is -2.41. The number of anilines is 2. The molecule has 47 heavy (non-hydrogen) atoms. The first-order valence-corrected chi connectivity index (χ1v) is 16.9. The van der Waals surface area contributed by atoms with Gasteiger partial charge in [-0.3, -0.25) is 9.59 Å². The Bertz CT molecular complexity index is 1600. The van der Waals surface area contributed by atoms with Gasteiger partial charge < -0.3 is 28.7 Å². The molecule has 0 aliphatic carbocycles. The Balaban J connectivity index is 1.28. The number of benzene rings is 3. The van der Waals surface area contributed by atoms with Crippen LogP contribution in [0.15, 0.2) is 60.7 Å². The van der Waals surface area contributed by atoms with Gasteiger partial charge in [0.2, 0.25) is 0 Å². The Morgan fingerprint density at radius 2 is 1.28 bits per heavy atom. The molecule has 9 nitrogen and oxygen atoms in total.